The van der Waals surface area contributed by atoms with Gasteiger partial charge in [0.05, 0.1) is 6.10 Å². The molecule has 2 heteroatoms. The molecule has 20 heavy (non-hydrogen) atoms. The van der Waals surface area contributed by atoms with Gasteiger partial charge in [0.25, 0.3) is 0 Å². The van der Waals surface area contributed by atoms with E-state index < -0.39 is 0 Å². The fraction of sp³-hybridized carbons (Fsp3) is 0.333. The molecular weight excluding hydrogens is 246 g/mol. The first-order valence-electron chi connectivity index (χ1n) is 7.32. The van der Waals surface area contributed by atoms with Gasteiger partial charge < -0.3 is 4.84 Å². The fourth-order valence-electron chi connectivity index (χ4n) is 2.44. The molecule has 0 amide bonds. The number of unbranched alkanes of at least 4 members (excludes halogenated alkanes) is 1. The normalized spacial score (nSPS) is 12.2. The summed E-state index contributed by atoms with van der Waals surface area (Å²) < 4.78 is 0. The smallest absolute Gasteiger partial charge is 0.0827 e. The van der Waals surface area contributed by atoms with Crippen LogP contribution in [0.25, 0.3) is 0 Å². The fourth-order valence-corrected chi connectivity index (χ4v) is 2.44. The van der Waals surface area contributed by atoms with Crippen molar-refractivity contribution in [1.82, 2.24) is 0 Å². The van der Waals surface area contributed by atoms with E-state index in [1.54, 1.807) is 0 Å². The third-order valence-corrected chi connectivity index (χ3v) is 3.58. The first kappa shape index (κ1) is 14.8. The van der Waals surface area contributed by atoms with Gasteiger partial charge in [-0.2, -0.15) is 0 Å². The van der Waals surface area contributed by atoms with E-state index in [1.165, 1.54) is 17.5 Å². The van der Waals surface area contributed by atoms with E-state index in [4.69, 9.17) is 10.7 Å². The third-order valence-electron chi connectivity index (χ3n) is 3.58. The minimum atomic E-state index is 0.119. The molecular formula is C18H23NO. The van der Waals surface area contributed by atoms with Gasteiger partial charge in [0.1, 0.15) is 0 Å². The van der Waals surface area contributed by atoms with Crippen molar-refractivity contribution in [3.63, 3.8) is 0 Å². The number of aryl methyl sites for hydroxylation is 1. The zero-order chi connectivity index (χ0) is 14.0. The summed E-state index contributed by atoms with van der Waals surface area (Å²) >= 11 is 0. The van der Waals surface area contributed by atoms with Gasteiger partial charge in [-0.3, -0.25) is 0 Å². The molecule has 0 aliphatic carbocycles. The van der Waals surface area contributed by atoms with Gasteiger partial charge in [0.15, 0.2) is 0 Å². The van der Waals surface area contributed by atoms with Crippen LogP contribution in [0.4, 0.5) is 0 Å². The van der Waals surface area contributed by atoms with Crippen LogP contribution in [0.5, 0.6) is 0 Å². The molecule has 0 heterocycles. The van der Waals surface area contributed by atoms with E-state index in [2.05, 4.69) is 54.6 Å². The minimum Gasteiger partial charge on any atom is -0.301 e. The van der Waals surface area contributed by atoms with Crippen LogP contribution in [-0.4, -0.2) is 6.10 Å². The molecule has 0 bridgehead atoms. The Balaban J connectivity index is 1.69. The van der Waals surface area contributed by atoms with Crippen molar-refractivity contribution in [3.8, 4) is 0 Å². The van der Waals surface area contributed by atoms with Gasteiger partial charge in [-0.15, -0.1) is 0 Å². The number of hydrogen-bond donors (Lipinski definition) is 1. The quantitative estimate of drug-likeness (QED) is 0.582. The van der Waals surface area contributed by atoms with E-state index in [1.807, 2.05) is 6.07 Å². The van der Waals surface area contributed by atoms with Crippen LogP contribution >= 0.6 is 0 Å². The minimum absolute atomic E-state index is 0.119. The second kappa shape index (κ2) is 8.51. The molecule has 0 aliphatic heterocycles. The van der Waals surface area contributed by atoms with Crippen molar-refractivity contribution in [2.45, 2.75) is 38.2 Å². The molecule has 0 radical (unpaired) electrons. The Morgan fingerprint density at radius 2 is 1.40 bits per heavy atom. The second-order valence-electron chi connectivity index (χ2n) is 5.18. The predicted octanol–water partition coefficient (Wildman–Crippen LogP) is 3.90. The molecule has 0 fully saturated rings. The lowest BCUT2D eigenvalue weighted by molar-refractivity contribution is 0.0459. The van der Waals surface area contributed by atoms with E-state index in [0.29, 0.717) is 0 Å². The van der Waals surface area contributed by atoms with Gasteiger partial charge >= 0.3 is 0 Å². The highest BCUT2D eigenvalue weighted by atomic mass is 16.6. The maximum atomic E-state index is 5.41. The Hall–Kier alpha value is -1.64. The molecule has 0 aromatic heterocycles. The van der Waals surface area contributed by atoms with Crippen molar-refractivity contribution in [2.24, 2.45) is 5.90 Å². The topological polar surface area (TPSA) is 35.2 Å². The molecule has 2 nitrogen and oxygen atoms in total. The summed E-state index contributed by atoms with van der Waals surface area (Å²) in [5.74, 6) is 5.41. The lowest BCUT2D eigenvalue weighted by Gasteiger charge is -2.14. The standard InChI is InChI=1S/C18H23NO/c19-20-18(15-17-12-5-2-6-13-17)14-8-7-11-16-9-3-1-4-10-16/h1-6,9-10,12-13,18H,7-8,11,14-15,19H2. The highest BCUT2D eigenvalue weighted by Crippen LogP contribution is 2.13. The van der Waals surface area contributed by atoms with Gasteiger partial charge in [-0.1, -0.05) is 67.1 Å². The largest absolute Gasteiger partial charge is 0.301 e. The molecule has 1 unspecified atom stereocenters. The Kier molecular flexibility index (Phi) is 6.28. The summed E-state index contributed by atoms with van der Waals surface area (Å²) in [4.78, 5) is 5.11. The van der Waals surface area contributed by atoms with E-state index >= 15 is 0 Å². The molecule has 0 saturated heterocycles. The zero-order valence-electron chi connectivity index (χ0n) is 11.9. The van der Waals surface area contributed by atoms with Crippen LogP contribution in [0.2, 0.25) is 0 Å². The zero-order valence-corrected chi connectivity index (χ0v) is 11.9. The van der Waals surface area contributed by atoms with E-state index in [-0.39, 0.29) is 6.10 Å². The van der Waals surface area contributed by atoms with Gasteiger partial charge in [-0.25, -0.2) is 5.90 Å². The molecule has 0 aliphatic rings. The summed E-state index contributed by atoms with van der Waals surface area (Å²) in [5, 5.41) is 0. The first-order chi connectivity index (χ1) is 9.88. The molecule has 2 aromatic rings. The van der Waals surface area contributed by atoms with Crippen molar-refractivity contribution < 1.29 is 4.84 Å². The second-order valence-corrected chi connectivity index (χ2v) is 5.18. The van der Waals surface area contributed by atoms with E-state index in [0.717, 1.165) is 25.7 Å². The first-order valence-corrected chi connectivity index (χ1v) is 7.32. The molecule has 0 spiro atoms. The van der Waals surface area contributed by atoms with Crippen molar-refractivity contribution in [2.75, 3.05) is 0 Å². The van der Waals surface area contributed by atoms with Crippen molar-refractivity contribution in [1.29, 1.82) is 0 Å². The van der Waals surface area contributed by atoms with Crippen LogP contribution in [-0.2, 0) is 17.7 Å². The molecule has 2 rings (SSSR count). The Morgan fingerprint density at radius 1 is 0.800 bits per heavy atom. The van der Waals surface area contributed by atoms with Crippen molar-refractivity contribution >= 4 is 0 Å². The highest BCUT2D eigenvalue weighted by molar-refractivity contribution is 5.16. The molecule has 1 atom stereocenters. The van der Waals surface area contributed by atoms with Crippen LogP contribution in [0.15, 0.2) is 60.7 Å². The van der Waals surface area contributed by atoms with Crippen LogP contribution < -0.4 is 5.90 Å². The summed E-state index contributed by atoms with van der Waals surface area (Å²) in [6.07, 6.45) is 5.47. The third kappa shape index (κ3) is 5.16. The molecule has 0 saturated carbocycles. The van der Waals surface area contributed by atoms with Crippen molar-refractivity contribution in [3.05, 3.63) is 71.8 Å². The Bertz CT molecular complexity index is 469. The highest BCUT2D eigenvalue weighted by Gasteiger charge is 2.08. The SMILES string of the molecule is NOC(CCCCc1ccccc1)Cc1ccccc1. The molecule has 2 N–H and O–H groups in total. The Morgan fingerprint density at radius 3 is 2.00 bits per heavy atom. The number of benzene rings is 2. The van der Waals surface area contributed by atoms with E-state index in [9.17, 15) is 0 Å². The van der Waals surface area contributed by atoms with Gasteiger partial charge in [0, 0.05) is 6.42 Å². The maximum Gasteiger partial charge on any atom is 0.0827 e. The summed E-state index contributed by atoms with van der Waals surface area (Å²) in [5.41, 5.74) is 2.69. The summed E-state index contributed by atoms with van der Waals surface area (Å²) in [7, 11) is 0. The number of hydrogen-bond acceptors (Lipinski definition) is 2. The van der Waals surface area contributed by atoms with Crippen LogP contribution in [0.3, 0.4) is 0 Å². The summed E-state index contributed by atoms with van der Waals surface area (Å²) in [6, 6.07) is 21.0. The number of nitrogens with two attached hydrogens (primary N) is 1. The van der Waals surface area contributed by atoms with Gasteiger partial charge in [0.2, 0.25) is 0 Å². The lowest BCUT2D eigenvalue weighted by atomic mass is 10.0. The summed E-state index contributed by atoms with van der Waals surface area (Å²) in [6.45, 7) is 0. The lowest BCUT2D eigenvalue weighted by Crippen LogP contribution is -2.20. The average molecular weight is 269 g/mol. The Labute approximate surface area is 121 Å². The molecule has 106 valence electrons. The van der Waals surface area contributed by atoms with Crippen LogP contribution in [0, 0.1) is 0 Å². The maximum absolute atomic E-state index is 5.41. The van der Waals surface area contributed by atoms with Crippen LogP contribution in [0.1, 0.15) is 30.4 Å². The number of rotatable bonds is 8. The van der Waals surface area contributed by atoms with Gasteiger partial charge in [-0.05, 0) is 30.4 Å². The average Bonchev–Trinajstić information content (AvgIpc) is 2.52. The predicted molar refractivity (Wildman–Crippen MR) is 83.2 cm³/mol. The molecule has 2 aromatic carbocycles. The monoisotopic (exact) mass is 269 g/mol.